The monoisotopic (exact) mass is 288 g/mol. The highest BCUT2D eigenvalue weighted by Gasteiger charge is 2.31. The van der Waals surface area contributed by atoms with Crippen molar-refractivity contribution < 1.29 is 5.11 Å². The van der Waals surface area contributed by atoms with Crippen LogP contribution in [0.25, 0.3) is 5.65 Å². The van der Waals surface area contributed by atoms with E-state index < -0.39 is 5.60 Å². The molecule has 0 aromatic carbocycles. The zero-order chi connectivity index (χ0) is 14.9. The minimum Gasteiger partial charge on any atom is -0.389 e. The quantitative estimate of drug-likeness (QED) is 0.904. The van der Waals surface area contributed by atoms with Gasteiger partial charge in [0, 0.05) is 37.1 Å². The van der Waals surface area contributed by atoms with Crippen molar-refractivity contribution in [3.8, 4) is 0 Å². The second kappa shape index (κ2) is 5.73. The van der Waals surface area contributed by atoms with Crippen molar-refractivity contribution in [2.24, 2.45) is 5.92 Å². The maximum Gasteiger partial charge on any atom is 0.155 e. The molecule has 1 fully saturated rings. The molecule has 3 rings (SSSR count). The van der Waals surface area contributed by atoms with Gasteiger partial charge in [0.2, 0.25) is 0 Å². The Hall–Kier alpha value is -1.46. The summed E-state index contributed by atoms with van der Waals surface area (Å²) in [6, 6.07) is 1.96. The van der Waals surface area contributed by atoms with E-state index in [0.717, 1.165) is 48.5 Å². The van der Waals surface area contributed by atoms with Gasteiger partial charge in [-0.25, -0.2) is 9.50 Å². The van der Waals surface area contributed by atoms with E-state index in [2.05, 4.69) is 22.3 Å². The van der Waals surface area contributed by atoms with E-state index >= 15 is 0 Å². The van der Waals surface area contributed by atoms with Gasteiger partial charge in [0.1, 0.15) is 0 Å². The Morgan fingerprint density at radius 3 is 2.95 bits per heavy atom. The summed E-state index contributed by atoms with van der Waals surface area (Å²) in [4.78, 5) is 4.39. The van der Waals surface area contributed by atoms with Crippen LogP contribution in [0.2, 0.25) is 0 Å². The number of fused-ring (bicyclic) bond motifs is 1. The molecule has 0 radical (unpaired) electrons. The Morgan fingerprint density at radius 1 is 1.43 bits per heavy atom. The number of nitrogens with one attached hydrogen (secondary N) is 1. The lowest BCUT2D eigenvalue weighted by Gasteiger charge is -2.35. The van der Waals surface area contributed by atoms with Crippen LogP contribution in [-0.2, 0) is 6.54 Å². The van der Waals surface area contributed by atoms with Crippen LogP contribution >= 0.6 is 0 Å². The summed E-state index contributed by atoms with van der Waals surface area (Å²) in [6.07, 6.45) is 7.91. The number of aromatic nitrogens is 3. The molecular formula is C16H24N4O. The van der Waals surface area contributed by atoms with Crippen molar-refractivity contribution in [2.45, 2.75) is 51.7 Å². The molecule has 5 heteroatoms. The Bertz CT molecular complexity index is 614. The topological polar surface area (TPSA) is 62.5 Å². The van der Waals surface area contributed by atoms with Gasteiger partial charge in [-0.05, 0) is 38.5 Å². The fourth-order valence-electron chi connectivity index (χ4n) is 3.04. The lowest BCUT2D eigenvalue weighted by Crippen LogP contribution is -2.43. The summed E-state index contributed by atoms with van der Waals surface area (Å²) in [5.74, 6) is 0.750. The minimum absolute atomic E-state index is 0.535. The first-order valence-electron chi connectivity index (χ1n) is 7.78. The predicted molar refractivity (Wildman–Crippen MR) is 82.0 cm³/mol. The van der Waals surface area contributed by atoms with Gasteiger partial charge < -0.3 is 10.4 Å². The van der Waals surface area contributed by atoms with Crippen LogP contribution in [0.15, 0.2) is 18.5 Å². The molecule has 0 bridgehead atoms. The van der Waals surface area contributed by atoms with E-state index in [0.29, 0.717) is 13.1 Å². The lowest BCUT2D eigenvalue weighted by atomic mass is 9.79. The van der Waals surface area contributed by atoms with Crippen LogP contribution in [0, 0.1) is 12.8 Å². The minimum atomic E-state index is -0.535. The molecule has 0 aliphatic heterocycles. The van der Waals surface area contributed by atoms with E-state index in [4.69, 9.17) is 0 Å². The predicted octanol–water partition coefficient (Wildman–Crippen LogP) is 2.07. The highest BCUT2D eigenvalue weighted by Crippen LogP contribution is 2.31. The van der Waals surface area contributed by atoms with Crippen LogP contribution in [0.5, 0.6) is 0 Å². The normalized spacial score (nSPS) is 26.3. The molecule has 0 saturated heterocycles. The van der Waals surface area contributed by atoms with E-state index in [-0.39, 0.29) is 0 Å². The maximum absolute atomic E-state index is 10.5. The fourth-order valence-corrected chi connectivity index (χ4v) is 3.04. The van der Waals surface area contributed by atoms with Gasteiger partial charge in [-0.2, -0.15) is 5.10 Å². The second-order valence-corrected chi connectivity index (χ2v) is 6.56. The molecule has 2 aromatic heterocycles. The Morgan fingerprint density at radius 2 is 2.19 bits per heavy atom. The molecule has 0 atom stereocenters. The molecule has 0 spiro atoms. The first-order chi connectivity index (χ1) is 10.0. The molecule has 21 heavy (non-hydrogen) atoms. The van der Waals surface area contributed by atoms with Gasteiger partial charge in [0.25, 0.3) is 0 Å². The highest BCUT2D eigenvalue weighted by atomic mass is 16.3. The number of aliphatic hydroxyl groups is 1. The third-order valence-electron chi connectivity index (χ3n) is 4.48. The third kappa shape index (κ3) is 3.41. The Balaban J connectivity index is 1.56. The summed E-state index contributed by atoms with van der Waals surface area (Å²) in [7, 11) is 0. The molecule has 2 heterocycles. The zero-order valence-corrected chi connectivity index (χ0v) is 12.8. The summed E-state index contributed by atoms with van der Waals surface area (Å²) >= 11 is 0. The molecule has 0 amide bonds. The number of aryl methyl sites for hydroxylation is 1. The average Bonchev–Trinajstić information content (AvgIpc) is 2.82. The van der Waals surface area contributed by atoms with Crippen molar-refractivity contribution >= 4 is 5.65 Å². The number of hydrogen-bond donors (Lipinski definition) is 2. The smallest absolute Gasteiger partial charge is 0.155 e. The molecular weight excluding hydrogens is 264 g/mol. The van der Waals surface area contributed by atoms with Crippen molar-refractivity contribution in [1.29, 1.82) is 0 Å². The summed E-state index contributed by atoms with van der Waals surface area (Å²) in [5, 5.41) is 18.3. The van der Waals surface area contributed by atoms with Gasteiger partial charge in [0.15, 0.2) is 5.65 Å². The van der Waals surface area contributed by atoms with Crippen LogP contribution in [0.3, 0.4) is 0 Å². The van der Waals surface area contributed by atoms with Crippen LogP contribution in [0.4, 0.5) is 0 Å². The van der Waals surface area contributed by atoms with Gasteiger partial charge in [-0.3, -0.25) is 0 Å². The number of hydrogen-bond acceptors (Lipinski definition) is 4. The van der Waals surface area contributed by atoms with Crippen molar-refractivity contribution in [2.75, 3.05) is 6.54 Å². The lowest BCUT2D eigenvalue weighted by molar-refractivity contribution is -0.00631. The largest absolute Gasteiger partial charge is 0.389 e. The molecule has 5 nitrogen and oxygen atoms in total. The molecule has 1 saturated carbocycles. The van der Waals surface area contributed by atoms with Crippen molar-refractivity contribution in [3.05, 3.63) is 29.7 Å². The van der Waals surface area contributed by atoms with E-state index in [1.165, 1.54) is 0 Å². The first kappa shape index (κ1) is 14.5. The van der Waals surface area contributed by atoms with Crippen LogP contribution < -0.4 is 5.32 Å². The number of rotatable bonds is 4. The standard InChI is InChI=1S/C16H24N4O/c1-12-3-5-16(21,6-4-12)11-17-8-14-9-18-15-7-13(2)19-20(15)10-14/h7,9-10,12,17,21H,3-6,8,11H2,1-2H3. The molecule has 1 aliphatic rings. The molecule has 1 aliphatic carbocycles. The van der Waals surface area contributed by atoms with E-state index in [9.17, 15) is 5.11 Å². The van der Waals surface area contributed by atoms with Gasteiger partial charge in [-0.1, -0.05) is 6.92 Å². The summed E-state index contributed by atoms with van der Waals surface area (Å²) in [5.41, 5.74) is 2.39. The molecule has 2 N–H and O–H groups in total. The Labute approximate surface area is 125 Å². The number of nitrogens with zero attached hydrogens (tertiary/aromatic N) is 3. The first-order valence-corrected chi connectivity index (χ1v) is 7.78. The third-order valence-corrected chi connectivity index (χ3v) is 4.48. The van der Waals surface area contributed by atoms with Gasteiger partial charge in [0.05, 0.1) is 11.3 Å². The van der Waals surface area contributed by atoms with Crippen LogP contribution in [0.1, 0.15) is 43.9 Å². The zero-order valence-electron chi connectivity index (χ0n) is 12.8. The molecule has 114 valence electrons. The van der Waals surface area contributed by atoms with Crippen molar-refractivity contribution in [1.82, 2.24) is 19.9 Å². The highest BCUT2D eigenvalue weighted by molar-refractivity contribution is 5.38. The van der Waals surface area contributed by atoms with Crippen LogP contribution in [-0.4, -0.2) is 31.9 Å². The maximum atomic E-state index is 10.5. The fraction of sp³-hybridized carbons (Fsp3) is 0.625. The Kier molecular flexibility index (Phi) is 3.95. The second-order valence-electron chi connectivity index (χ2n) is 6.56. The SMILES string of the molecule is Cc1cc2ncc(CNCC3(O)CCC(C)CC3)cn2n1. The molecule has 0 unspecified atom stereocenters. The average molecular weight is 288 g/mol. The molecule has 2 aromatic rings. The van der Waals surface area contributed by atoms with Gasteiger partial charge >= 0.3 is 0 Å². The van der Waals surface area contributed by atoms with Crippen molar-refractivity contribution in [3.63, 3.8) is 0 Å². The van der Waals surface area contributed by atoms with E-state index in [1.54, 1.807) is 0 Å². The summed E-state index contributed by atoms with van der Waals surface area (Å²) < 4.78 is 1.81. The van der Waals surface area contributed by atoms with Gasteiger partial charge in [-0.15, -0.1) is 0 Å². The summed E-state index contributed by atoms with van der Waals surface area (Å²) in [6.45, 7) is 5.59. The van der Waals surface area contributed by atoms with E-state index in [1.807, 2.05) is 29.9 Å².